The summed E-state index contributed by atoms with van der Waals surface area (Å²) in [5.74, 6) is -0.0375. The minimum absolute atomic E-state index is 0.0526. The van der Waals surface area contributed by atoms with Gasteiger partial charge in [0.1, 0.15) is 5.75 Å². The number of carbonyl (C=O) groups excluding carboxylic acids is 1. The second kappa shape index (κ2) is 8.15. The van der Waals surface area contributed by atoms with Crippen LogP contribution in [0.5, 0.6) is 5.75 Å². The van der Waals surface area contributed by atoms with Gasteiger partial charge in [-0.05, 0) is 30.0 Å². The molecule has 1 fully saturated rings. The van der Waals surface area contributed by atoms with Crippen molar-refractivity contribution in [2.45, 2.75) is 39.2 Å². The van der Waals surface area contributed by atoms with Crippen molar-refractivity contribution in [3.63, 3.8) is 0 Å². The number of rotatable bonds is 6. The summed E-state index contributed by atoms with van der Waals surface area (Å²) in [6, 6.07) is 6.00. The van der Waals surface area contributed by atoms with E-state index in [0.29, 0.717) is 25.6 Å². The lowest BCUT2D eigenvalue weighted by atomic mass is 10.0. The SMILES string of the molecule is Cc1ccc(C(C)C)c(OCC(=O)N2CCOC(CC(=O)O)C2)c1. The van der Waals surface area contributed by atoms with Crippen molar-refractivity contribution in [2.24, 2.45) is 0 Å². The van der Waals surface area contributed by atoms with Crippen LogP contribution in [-0.4, -0.2) is 54.3 Å². The quantitative estimate of drug-likeness (QED) is 0.862. The van der Waals surface area contributed by atoms with Gasteiger partial charge in [-0.3, -0.25) is 9.59 Å². The summed E-state index contributed by atoms with van der Waals surface area (Å²) in [5.41, 5.74) is 2.15. The highest BCUT2D eigenvalue weighted by Gasteiger charge is 2.26. The zero-order chi connectivity index (χ0) is 17.7. The van der Waals surface area contributed by atoms with Crippen molar-refractivity contribution in [3.05, 3.63) is 29.3 Å². The third kappa shape index (κ3) is 4.96. The van der Waals surface area contributed by atoms with Crippen LogP contribution in [0, 0.1) is 6.92 Å². The Hall–Kier alpha value is -2.08. The minimum Gasteiger partial charge on any atom is -0.483 e. The molecule has 1 aromatic carbocycles. The molecule has 0 aliphatic carbocycles. The molecule has 0 spiro atoms. The van der Waals surface area contributed by atoms with E-state index in [2.05, 4.69) is 13.8 Å². The minimum atomic E-state index is -0.924. The van der Waals surface area contributed by atoms with E-state index in [1.54, 1.807) is 4.90 Å². The standard InChI is InChI=1S/C18H25NO5/c1-12(2)15-5-4-13(3)8-16(15)24-11-17(20)19-6-7-23-14(10-19)9-18(21)22/h4-5,8,12,14H,6-7,9-11H2,1-3H3,(H,21,22). The molecular weight excluding hydrogens is 310 g/mol. The highest BCUT2D eigenvalue weighted by molar-refractivity contribution is 5.78. The van der Waals surface area contributed by atoms with Crippen LogP contribution in [0.2, 0.25) is 0 Å². The Kier molecular flexibility index (Phi) is 6.20. The molecule has 1 aliphatic heterocycles. The van der Waals surface area contributed by atoms with Crippen LogP contribution >= 0.6 is 0 Å². The molecule has 0 radical (unpaired) electrons. The molecule has 6 nitrogen and oxygen atoms in total. The number of hydrogen-bond acceptors (Lipinski definition) is 4. The number of carboxylic acids is 1. The van der Waals surface area contributed by atoms with E-state index < -0.39 is 12.1 Å². The van der Waals surface area contributed by atoms with E-state index in [4.69, 9.17) is 14.6 Å². The average molecular weight is 335 g/mol. The number of morpholine rings is 1. The maximum atomic E-state index is 12.4. The van der Waals surface area contributed by atoms with E-state index in [9.17, 15) is 9.59 Å². The van der Waals surface area contributed by atoms with Gasteiger partial charge in [-0.1, -0.05) is 26.0 Å². The maximum Gasteiger partial charge on any atom is 0.306 e. The predicted octanol–water partition coefficient (Wildman–Crippen LogP) is 2.20. The van der Waals surface area contributed by atoms with Gasteiger partial charge in [0.15, 0.2) is 6.61 Å². The average Bonchev–Trinajstić information content (AvgIpc) is 2.52. The third-order valence-electron chi connectivity index (χ3n) is 4.04. The maximum absolute atomic E-state index is 12.4. The molecule has 1 aromatic rings. The predicted molar refractivity (Wildman–Crippen MR) is 89.3 cm³/mol. The normalized spacial score (nSPS) is 17.8. The Morgan fingerprint density at radius 3 is 2.83 bits per heavy atom. The van der Waals surface area contributed by atoms with Gasteiger partial charge in [-0.15, -0.1) is 0 Å². The van der Waals surface area contributed by atoms with Gasteiger partial charge in [-0.2, -0.15) is 0 Å². The fourth-order valence-electron chi connectivity index (χ4n) is 2.74. The summed E-state index contributed by atoms with van der Waals surface area (Å²) in [6.45, 7) is 7.20. The highest BCUT2D eigenvalue weighted by Crippen LogP contribution is 2.27. The van der Waals surface area contributed by atoms with Gasteiger partial charge in [0, 0.05) is 13.1 Å². The summed E-state index contributed by atoms with van der Waals surface area (Å²) < 4.78 is 11.1. The number of carbonyl (C=O) groups is 2. The molecule has 132 valence electrons. The van der Waals surface area contributed by atoms with Crippen molar-refractivity contribution in [3.8, 4) is 5.75 Å². The lowest BCUT2D eigenvalue weighted by Gasteiger charge is -2.32. The van der Waals surface area contributed by atoms with Gasteiger partial charge >= 0.3 is 5.97 Å². The largest absolute Gasteiger partial charge is 0.483 e. The fourth-order valence-corrected chi connectivity index (χ4v) is 2.74. The van der Waals surface area contributed by atoms with Crippen molar-refractivity contribution in [2.75, 3.05) is 26.3 Å². The van der Waals surface area contributed by atoms with Crippen molar-refractivity contribution in [1.82, 2.24) is 4.90 Å². The third-order valence-corrected chi connectivity index (χ3v) is 4.04. The molecular formula is C18H25NO5. The van der Waals surface area contributed by atoms with Crippen LogP contribution in [0.4, 0.5) is 0 Å². The molecule has 2 rings (SSSR count). The van der Waals surface area contributed by atoms with Crippen molar-refractivity contribution < 1.29 is 24.2 Å². The lowest BCUT2D eigenvalue weighted by molar-refractivity contribution is -0.148. The van der Waals surface area contributed by atoms with Gasteiger partial charge < -0.3 is 19.5 Å². The van der Waals surface area contributed by atoms with Crippen LogP contribution < -0.4 is 4.74 Å². The van der Waals surface area contributed by atoms with E-state index >= 15 is 0 Å². The summed E-state index contributed by atoms with van der Waals surface area (Å²) in [7, 11) is 0. The number of aliphatic carboxylic acids is 1. The topological polar surface area (TPSA) is 76.1 Å². The highest BCUT2D eigenvalue weighted by atomic mass is 16.5. The Bertz CT molecular complexity index is 599. The zero-order valence-electron chi connectivity index (χ0n) is 14.4. The number of carboxylic acid groups (broad SMARTS) is 1. The molecule has 1 unspecified atom stereocenters. The second-order valence-electron chi connectivity index (χ2n) is 6.42. The smallest absolute Gasteiger partial charge is 0.306 e. The first kappa shape index (κ1) is 18.3. The Balaban J connectivity index is 1.95. The number of ether oxygens (including phenoxy) is 2. The molecule has 1 atom stereocenters. The van der Waals surface area contributed by atoms with Crippen LogP contribution in [0.15, 0.2) is 18.2 Å². The van der Waals surface area contributed by atoms with E-state index in [-0.39, 0.29) is 18.9 Å². The number of amides is 1. The molecule has 1 aliphatic rings. The van der Waals surface area contributed by atoms with Crippen molar-refractivity contribution >= 4 is 11.9 Å². The summed E-state index contributed by atoms with van der Waals surface area (Å²) in [4.78, 5) is 24.8. The molecule has 0 aromatic heterocycles. The van der Waals surface area contributed by atoms with Gasteiger partial charge in [0.05, 0.1) is 19.1 Å². The summed E-state index contributed by atoms with van der Waals surface area (Å²) >= 11 is 0. The second-order valence-corrected chi connectivity index (χ2v) is 6.42. The zero-order valence-corrected chi connectivity index (χ0v) is 14.4. The first-order valence-electron chi connectivity index (χ1n) is 8.21. The van der Waals surface area contributed by atoms with E-state index in [1.807, 2.05) is 25.1 Å². The summed E-state index contributed by atoms with van der Waals surface area (Å²) in [5, 5.41) is 8.84. The molecule has 0 saturated carbocycles. The summed E-state index contributed by atoms with van der Waals surface area (Å²) in [6.07, 6.45) is -0.551. The molecule has 1 N–H and O–H groups in total. The van der Waals surface area contributed by atoms with E-state index in [1.165, 1.54) is 0 Å². The first-order chi connectivity index (χ1) is 11.4. The van der Waals surface area contributed by atoms with Gasteiger partial charge in [0.25, 0.3) is 5.91 Å². The monoisotopic (exact) mass is 335 g/mol. The molecule has 24 heavy (non-hydrogen) atoms. The Morgan fingerprint density at radius 1 is 1.42 bits per heavy atom. The van der Waals surface area contributed by atoms with Crippen LogP contribution in [0.1, 0.15) is 37.3 Å². The van der Waals surface area contributed by atoms with Crippen LogP contribution in [0.3, 0.4) is 0 Å². The molecule has 1 saturated heterocycles. The Morgan fingerprint density at radius 2 is 2.17 bits per heavy atom. The van der Waals surface area contributed by atoms with Gasteiger partial charge in [-0.25, -0.2) is 0 Å². The molecule has 1 amide bonds. The van der Waals surface area contributed by atoms with Crippen molar-refractivity contribution in [1.29, 1.82) is 0 Å². The van der Waals surface area contributed by atoms with Gasteiger partial charge in [0.2, 0.25) is 0 Å². The number of benzene rings is 1. The van der Waals surface area contributed by atoms with Crippen LogP contribution in [-0.2, 0) is 14.3 Å². The number of hydrogen-bond donors (Lipinski definition) is 1. The molecule has 6 heteroatoms. The van der Waals surface area contributed by atoms with Crippen LogP contribution in [0.25, 0.3) is 0 Å². The lowest BCUT2D eigenvalue weighted by Crippen LogP contribution is -2.47. The Labute approximate surface area is 142 Å². The molecule has 0 bridgehead atoms. The molecule has 1 heterocycles. The number of aryl methyl sites for hydroxylation is 1. The van der Waals surface area contributed by atoms with E-state index in [0.717, 1.165) is 16.9 Å². The fraction of sp³-hybridized carbons (Fsp3) is 0.556. The number of nitrogens with zero attached hydrogens (tertiary/aromatic N) is 1. The first-order valence-corrected chi connectivity index (χ1v) is 8.21.